The average molecular weight is 159 g/mol. The largest absolute Gasteiger partial charge is 0.481 e. The van der Waals surface area contributed by atoms with E-state index < -0.39 is 5.97 Å². The van der Waals surface area contributed by atoms with Gasteiger partial charge in [-0.25, -0.2) is 0 Å². The van der Waals surface area contributed by atoms with Gasteiger partial charge in [0, 0.05) is 19.1 Å². The number of hydrogen-bond donors (Lipinski definition) is 3. The minimum absolute atomic E-state index is 0.0377. The topological polar surface area (TPSA) is 69.6 Å². The van der Waals surface area contributed by atoms with E-state index in [1.807, 2.05) is 0 Å². The van der Waals surface area contributed by atoms with Crippen LogP contribution < -0.4 is 5.32 Å². The Bertz CT molecular complexity index is 149. The fourth-order valence-corrected chi connectivity index (χ4v) is 1.44. The van der Waals surface area contributed by atoms with Crippen molar-refractivity contribution in [2.45, 2.75) is 6.42 Å². The van der Waals surface area contributed by atoms with Gasteiger partial charge in [-0.1, -0.05) is 0 Å². The summed E-state index contributed by atoms with van der Waals surface area (Å²) >= 11 is 0. The Morgan fingerprint density at radius 1 is 1.64 bits per heavy atom. The summed E-state index contributed by atoms with van der Waals surface area (Å²) in [5.41, 5.74) is 0. The van der Waals surface area contributed by atoms with Crippen molar-refractivity contribution >= 4 is 5.97 Å². The second-order valence-corrected chi connectivity index (χ2v) is 2.88. The maximum Gasteiger partial charge on any atom is 0.306 e. The predicted octanol–water partition coefficient (Wildman–Crippen LogP) is -0.711. The highest BCUT2D eigenvalue weighted by Gasteiger charge is 2.29. The summed E-state index contributed by atoms with van der Waals surface area (Å²) in [7, 11) is 0. The molecule has 0 aromatic heterocycles. The Labute approximate surface area is 65.2 Å². The number of rotatable bonds is 2. The lowest BCUT2D eigenvalue weighted by Gasteiger charge is -2.27. The summed E-state index contributed by atoms with van der Waals surface area (Å²) in [4.78, 5) is 10.6. The second kappa shape index (κ2) is 3.69. The molecule has 4 heteroatoms. The maximum atomic E-state index is 10.6. The molecular weight excluding hydrogens is 146 g/mol. The first-order valence-corrected chi connectivity index (χ1v) is 3.80. The van der Waals surface area contributed by atoms with Crippen LogP contribution in [0.4, 0.5) is 0 Å². The predicted molar refractivity (Wildman–Crippen MR) is 39.2 cm³/mol. The summed E-state index contributed by atoms with van der Waals surface area (Å²) < 4.78 is 0. The van der Waals surface area contributed by atoms with Gasteiger partial charge in [0.25, 0.3) is 0 Å². The number of carboxylic acid groups (broad SMARTS) is 1. The number of nitrogens with one attached hydrogen (secondary N) is 1. The normalized spacial score (nSPS) is 31.7. The average Bonchev–Trinajstić information content (AvgIpc) is 2.04. The fraction of sp³-hybridized carbons (Fsp3) is 0.857. The Balaban J connectivity index is 2.51. The molecule has 1 aliphatic heterocycles. The van der Waals surface area contributed by atoms with Crippen LogP contribution in [0.15, 0.2) is 0 Å². The summed E-state index contributed by atoms with van der Waals surface area (Å²) in [5.74, 6) is -1.26. The van der Waals surface area contributed by atoms with Gasteiger partial charge in [-0.3, -0.25) is 4.79 Å². The monoisotopic (exact) mass is 159 g/mol. The van der Waals surface area contributed by atoms with E-state index in [4.69, 9.17) is 10.2 Å². The van der Waals surface area contributed by atoms with Crippen LogP contribution >= 0.6 is 0 Å². The van der Waals surface area contributed by atoms with E-state index in [2.05, 4.69) is 5.32 Å². The molecule has 2 atom stereocenters. The van der Waals surface area contributed by atoms with Gasteiger partial charge in [0.15, 0.2) is 0 Å². The van der Waals surface area contributed by atoms with Gasteiger partial charge in [0.1, 0.15) is 0 Å². The van der Waals surface area contributed by atoms with Gasteiger partial charge in [0.2, 0.25) is 0 Å². The van der Waals surface area contributed by atoms with Crippen molar-refractivity contribution in [1.82, 2.24) is 5.32 Å². The quantitative estimate of drug-likeness (QED) is 0.498. The molecule has 0 bridgehead atoms. The Hall–Kier alpha value is -0.610. The van der Waals surface area contributed by atoms with Gasteiger partial charge in [-0.2, -0.15) is 0 Å². The van der Waals surface area contributed by atoms with E-state index >= 15 is 0 Å². The summed E-state index contributed by atoms with van der Waals surface area (Å²) in [6, 6.07) is 0. The SMILES string of the molecule is O=C(O)[C@@H]1CCNC[C@@H]1CO. The smallest absolute Gasteiger partial charge is 0.306 e. The highest BCUT2D eigenvalue weighted by Crippen LogP contribution is 2.18. The van der Waals surface area contributed by atoms with Gasteiger partial charge >= 0.3 is 5.97 Å². The van der Waals surface area contributed by atoms with Gasteiger partial charge in [-0.15, -0.1) is 0 Å². The van der Waals surface area contributed by atoms with Crippen LogP contribution in [0.2, 0.25) is 0 Å². The number of hydrogen-bond acceptors (Lipinski definition) is 3. The molecule has 11 heavy (non-hydrogen) atoms. The standard InChI is InChI=1S/C7H13NO3/c9-4-5-3-8-2-1-6(5)7(10)11/h5-6,8-9H,1-4H2,(H,10,11)/t5-,6-/m1/s1. The highest BCUT2D eigenvalue weighted by molar-refractivity contribution is 5.70. The van der Waals surface area contributed by atoms with Crippen LogP contribution in [0.5, 0.6) is 0 Å². The summed E-state index contributed by atoms with van der Waals surface area (Å²) in [6.07, 6.45) is 0.626. The summed E-state index contributed by atoms with van der Waals surface area (Å²) in [5, 5.41) is 20.6. The van der Waals surface area contributed by atoms with Crippen molar-refractivity contribution in [3.05, 3.63) is 0 Å². The lowest BCUT2D eigenvalue weighted by Crippen LogP contribution is -2.41. The minimum Gasteiger partial charge on any atom is -0.481 e. The number of carbonyl (C=O) groups is 1. The van der Waals surface area contributed by atoms with Crippen LogP contribution in [-0.2, 0) is 4.79 Å². The molecule has 1 rings (SSSR count). The number of aliphatic carboxylic acids is 1. The molecule has 0 amide bonds. The molecule has 0 aromatic carbocycles. The third kappa shape index (κ3) is 1.91. The van der Waals surface area contributed by atoms with Crippen molar-refractivity contribution in [3.63, 3.8) is 0 Å². The van der Waals surface area contributed by atoms with Crippen LogP contribution in [-0.4, -0.2) is 35.9 Å². The number of aliphatic hydroxyl groups excluding tert-OH is 1. The Morgan fingerprint density at radius 2 is 2.36 bits per heavy atom. The van der Waals surface area contributed by atoms with Crippen LogP contribution in [0.25, 0.3) is 0 Å². The molecule has 3 N–H and O–H groups in total. The minimum atomic E-state index is -0.787. The number of piperidine rings is 1. The molecule has 0 aromatic rings. The first-order chi connectivity index (χ1) is 5.25. The molecule has 4 nitrogen and oxygen atoms in total. The van der Waals surface area contributed by atoms with Crippen molar-refractivity contribution in [2.24, 2.45) is 11.8 Å². The third-order valence-corrected chi connectivity index (χ3v) is 2.16. The number of carboxylic acids is 1. The molecule has 1 aliphatic rings. The van der Waals surface area contributed by atoms with Crippen molar-refractivity contribution in [1.29, 1.82) is 0 Å². The van der Waals surface area contributed by atoms with E-state index in [-0.39, 0.29) is 18.4 Å². The van der Waals surface area contributed by atoms with Crippen molar-refractivity contribution < 1.29 is 15.0 Å². The van der Waals surface area contributed by atoms with E-state index in [9.17, 15) is 4.79 Å². The molecule has 64 valence electrons. The van der Waals surface area contributed by atoms with Crippen molar-refractivity contribution in [3.8, 4) is 0 Å². The fourth-order valence-electron chi connectivity index (χ4n) is 1.44. The van der Waals surface area contributed by atoms with Gasteiger partial charge in [0.05, 0.1) is 5.92 Å². The van der Waals surface area contributed by atoms with Crippen molar-refractivity contribution in [2.75, 3.05) is 19.7 Å². The van der Waals surface area contributed by atoms with E-state index in [0.29, 0.717) is 13.0 Å². The third-order valence-electron chi connectivity index (χ3n) is 2.16. The molecule has 1 heterocycles. The van der Waals surface area contributed by atoms with E-state index in [1.54, 1.807) is 0 Å². The summed E-state index contributed by atoms with van der Waals surface area (Å²) in [6.45, 7) is 1.32. The Kier molecular flexibility index (Phi) is 2.84. The molecule has 1 fully saturated rings. The van der Waals surface area contributed by atoms with E-state index in [1.165, 1.54) is 0 Å². The van der Waals surface area contributed by atoms with Crippen LogP contribution in [0.1, 0.15) is 6.42 Å². The number of aliphatic hydroxyl groups is 1. The van der Waals surface area contributed by atoms with Gasteiger partial charge < -0.3 is 15.5 Å². The van der Waals surface area contributed by atoms with E-state index in [0.717, 1.165) is 6.54 Å². The molecule has 1 saturated heterocycles. The zero-order valence-corrected chi connectivity index (χ0v) is 6.29. The molecule has 0 saturated carbocycles. The van der Waals surface area contributed by atoms with Crippen LogP contribution in [0, 0.1) is 11.8 Å². The zero-order valence-electron chi connectivity index (χ0n) is 6.29. The zero-order chi connectivity index (χ0) is 8.27. The maximum absolute atomic E-state index is 10.6. The van der Waals surface area contributed by atoms with Crippen LogP contribution in [0.3, 0.4) is 0 Å². The van der Waals surface area contributed by atoms with Gasteiger partial charge in [-0.05, 0) is 13.0 Å². The first-order valence-electron chi connectivity index (χ1n) is 3.80. The molecule has 0 radical (unpaired) electrons. The Morgan fingerprint density at radius 3 is 2.82 bits per heavy atom. The lowest BCUT2D eigenvalue weighted by molar-refractivity contribution is -0.145. The first kappa shape index (κ1) is 8.49. The highest BCUT2D eigenvalue weighted by atomic mass is 16.4. The molecule has 0 spiro atoms. The second-order valence-electron chi connectivity index (χ2n) is 2.88. The molecule has 0 aliphatic carbocycles. The molecular formula is C7H13NO3. The molecule has 0 unspecified atom stereocenters. The lowest BCUT2D eigenvalue weighted by atomic mass is 9.87.